The van der Waals surface area contributed by atoms with Crippen molar-refractivity contribution in [2.45, 2.75) is 71.2 Å². The second-order valence-corrected chi connectivity index (χ2v) is 9.42. The SMILES string of the molecule is COC(=O)/C(=C\CC(C)(C)NC(=O)OCc1ccccc1)C[C@H](NC(=O)OC(C)(C)C)C(=O)OC. The molecule has 2 amide bonds. The second kappa shape index (κ2) is 13.4. The number of hydrogen-bond donors (Lipinski definition) is 2. The van der Waals surface area contributed by atoms with Gasteiger partial charge in [-0.2, -0.15) is 0 Å². The van der Waals surface area contributed by atoms with Gasteiger partial charge in [0, 0.05) is 17.5 Å². The highest BCUT2D eigenvalue weighted by Gasteiger charge is 2.29. The van der Waals surface area contributed by atoms with Crippen molar-refractivity contribution < 1.29 is 38.1 Å². The van der Waals surface area contributed by atoms with E-state index in [1.54, 1.807) is 34.6 Å². The average Bonchev–Trinajstić information content (AvgIpc) is 2.77. The molecule has 0 fully saturated rings. The first-order valence-corrected chi connectivity index (χ1v) is 11.1. The first kappa shape index (κ1) is 29.5. The van der Waals surface area contributed by atoms with Crippen LogP contribution in [0.2, 0.25) is 0 Å². The van der Waals surface area contributed by atoms with E-state index in [0.29, 0.717) is 0 Å². The summed E-state index contributed by atoms with van der Waals surface area (Å²) in [5.74, 6) is -1.44. The van der Waals surface area contributed by atoms with Crippen molar-refractivity contribution in [1.29, 1.82) is 0 Å². The van der Waals surface area contributed by atoms with E-state index in [1.807, 2.05) is 30.3 Å². The highest BCUT2D eigenvalue weighted by molar-refractivity contribution is 5.90. The number of carbonyl (C=O) groups excluding carboxylic acids is 4. The fourth-order valence-electron chi connectivity index (χ4n) is 2.85. The summed E-state index contributed by atoms with van der Waals surface area (Å²) in [5, 5.41) is 5.17. The normalized spacial score (nSPS) is 12.7. The fourth-order valence-corrected chi connectivity index (χ4v) is 2.85. The van der Waals surface area contributed by atoms with Crippen LogP contribution in [0.5, 0.6) is 0 Å². The lowest BCUT2D eigenvalue weighted by Gasteiger charge is -2.25. The second-order valence-electron chi connectivity index (χ2n) is 9.42. The molecule has 1 rings (SSSR count). The maximum atomic E-state index is 12.4. The Morgan fingerprint density at radius 3 is 2.11 bits per heavy atom. The van der Waals surface area contributed by atoms with Crippen molar-refractivity contribution in [3.63, 3.8) is 0 Å². The van der Waals surface area contributed by atoms with E-state index in [0.717, 1.165) is 5.56 Å². The number of carbonyl (C=O) groups is 4. The van der Waals surface area contributed by atoms with Crippen LogP contribution in [0.3, 0.4) is 0 Å². The van der Waals surface area contributed by atoms with Crippen molar-refractivity contribution >= 4 is 24.1 Å². The van der Waals surface area contributed by atoms with Crippen LogP contribution in [0.15, 0.2) is 42.0 Å². The molecular formula is C25H36N2O8. The number of rotatable bonds is 10. The first-order chi connectivity index (χ1) is 16.3. The Morgan fingerprint density at radius 1 is 0.943 bits per heavy atom. The number of esters is 2. The van der Waals surface area contributed by atoms with Gasteiger partial charge in [-0.15, -0.1) is 0 Å². The smallest absolute Gasteiger partial charge is 0.408 e. The zero-order valence-electron chi connectivity index (χ0n) is 21.4. The van der Waals surface area contributed by atoms with Gasteiger partial charge in [0.25, 0.3) is 0 Å². The van der Waals surface area contributed by atoms with E-state index in [1.165, 1.54) is 20.3 Å². The molecule has 0 radical (unpaired) electrons. The molecule has 35 heavy (non-hydrogen) atoms. The Hall–Kier alpha value is -3.56. The van der Waals surface area contributed by atoms with Gasteiger partial charge < -0.3 is 29.6 Å². The molecule has 0 bridgehead atoms. The van der Waals surface area contributed by atoms with Crippen molar-refractivity contribution in [3.8, 4) is 0 Å². The molecule has 10 heteroatoms. The van der Waals surface area contributed by atoms with Crippen LogP contribution in [0.4, 0.5) is 9.59 Å². The van der Waals surface area contributed by atoms with E-state index in [9.17, 15) is 19.2 Å². The van der Waals surface area contributed by atoms with E-state index in [2.05, 4.69) is 10.6 Å². The topological polar surface area (TPSA) is 129 Å². The molecule has 10 nitrogen and oxygen atoms in total. The van der Waals surface area contributed by atoms with Crippen LogP contribution >= 0.6 is 0 Å². The zero-order valence-corrected chi connectivity index (χ0v) is 21.4. The summed E-state index contributed by atoms with van der Waals surface area (Å²) in [6.07, 6.45) is 0.0904. The molecule has 0 aromatic heterocycles. The summed E-state index contributed by atoms with van der Waals surface area (Å²) < 4.78 is 20.0. The lowest BCUT2D eigenvalue weighted by atomic mass is 9.96. The third-order valence-corrected chi connectivity index (χ3v) is 4.56. The molecule has 0 aliphatic heterocycles. The molecule has 0 unspecified atom stereocenters. The maximum absolute atomic E-state index is 12.4. The highest BCUT2D eigenvalue weighted by atomic mass is 16.6. The number of methoxy groups -OCH3 is 2. The summed E-state index contributed by atoms with van der Waals surface area (Å²) in [6.45, 7) is 8.65. The summed E-state index contributed by atoms with van der Waals surface area (Å²) in [6, 6.07) is 8.05. The average molecular weight is 493 g/mol. The monoisotopic (exact) mass is 492 g/mol. The van der Waals surface area contributed by atoms with E-state index < -0.39 is 41.3 Å². The zero-order chi connectivity index (χ0) is 26.6. The number of nitrogens with one attached hydrogen (secondary N) is 2. The van der Waals surface area contributed by atoms with Crippen molar-refractivity contribution in [1.82, 2.24) is 10.6 Å². The largest absolute Gasteiger partial charge is 0.467 e. The van der Waals surface area contributed by atoms with Gasteiger partial charge in [0.15, 0.2) is 0 Å². The van der Waals surface area contributed by atoms with Crippen molar-refractivity contribution in [2.24, 2.45) is 0 Å². The molecule has 0 saturated carbocycles. The van der Waals surface area contributed by atoms with Gasteiger partial charge in [-0.25, -0.2) is 19.2 Å². The van der Waals surface area contributed by atoms with Gasteiger partial charge >= 0.3 is 24.1 Å². The molecule has 0 aliphatic rings. The molecule has 2 N–H and O–H groups in total. The molecule has 1 aromatic rings. The number of alkyl carbamates (subject to hydrolysis) is 2. The first-order valence-electron chi connectivity index (χ1n) is 11.1. The summed E-state index contributed by atoms with van der Waals surface area (Å²) in [4.78, 5) is 49.0. The van der Waals surface area contributed by atoms with Crippen LogP contribution in [0, 0.1) is 0 Å². The standard InChI is InChI=1S/C25H36N2O8/c1-24(2,3)35-22(30)26-19(21(29)33-7)15-18(20(28)32-6)13-14-25(4,5)27-23(31)34-16-17-11-9-8-10-12-17/h8-13,19H,14-16H2,1-7H3,(H,26,30)(H,27,31)/b18-13-/t19-/m0/s1. The Labute approximate surface area is 206 Å². The van der Waals surface area contributed by atoms with Crippen molar-refractivity contribution in [3.05, 3.63) is 47.5 Å². The molecule has 1 aromatic carbocycles. The molecule has 1 atom stereocenters. The van der Waals surface area contributed by atoms with Crippen LogP contribution in [-0.4, -0.2) is 55.5 Å². The van der Waals surface area contributed by atoms with Gasteiger partial charge in [-0.3, -0.25) is 0 Å². The molecule has 0 saturated heterocycles. The molecule has 0 spiro atoms. The van der Waals surface area contributed by atoms with Crippen LogP contribution in [-0.2, 0) is 35.1 Å². The van der Waals surface area contributed by atoms with Crippen LogP contribution in [0.1, 0.15) is 53.0 Å². The molecule has 194 valence electrons. The predicted molar refractivity (Wildman–Crippen MR) is 128 cm³/mol. The van der Waals surface area contributed by atoms with Gasteiger partial charge in [0.1, 0.15) is 18.2 Å². The maximum Gasteiger partial charge on any atom is 0.408 e. The minimum atomic E-state index is -1.19. The van der Waals surface area contributed by atoms with Crippen molar-refractivity contribution in [2.75, 3.05) is 14.2 Å². The Bertz CT molecular complexity index is 904. The van der Waals surface area contributed by atoms with E-state index in [4.69, 9.17) is 18.9 Å². The van der Waals surface area contributed by atoms with Gasteiger partial charge in [-0.1, -0.05) is 36.4 Å². The lowest BCUT2D eigenvalue weighted by molar-refractivity contribution is -0.143. The van der Waals surface area contributed by atoms with Crippen LogP contribution in [0.25, 0.3) is 0 Å². The van der Waals surface area contributed by atoms with Gasteiger partial charge in [-0.05, 0) is 46.6 Å². The number of ether oxygens (including phenoxy) is 4. The van der Waals surface area contributed by atoms with E-state index in [-0.39, 0.29) is 25.0 Å². The summed E-state index contributed by atoms with van der Waals surface area (Å²) in [5.41, 5.74) is -0.616. The Kier molecular flexibility index (Phi) is 11.2. The molecule has 0 aliphatic carbocycles. The summed E-state index contributed by atoms with van der Waals surface area (Å²) >= 11 is 0. The number of amides is 2. The number of benzene rings is 1. The van der Waals surface area contributed by atoms with Crippen LogP contribution < -0.4 is 10.6 Å². The molecule has 0 heterocycles. The Balaban J connectivity index is 2.88. The van der Waals surface area contributed by atoms with Gasteiger partial charge in [0.05, 0.1) is 14.2 Å². The lowest BCUT2D eigenvalue weighted by Crippen LogP contribution is -2.45. The summed E-state index contributed by atoms with van der Waals surface area (Å²) in [7, 11) is 2.37. The van der Waals surface area contributed by atoms with E-state index >= 15 is 0 Å². The minimum absolute atomic E-state index is 0.114. The number of hydrogen-bond acceptors (Lipinski definition) is 8. The quantitative estimate of drug-likeness (QED) is 0.288. The highest BCUT2D eigenvalue weighted by Crippen LogP contribution is 2.17. The fraction of sp³-hybridized carbons (Fsp3) is 0.520. The van der Waals surface area contributed by atoms with Gasteiger partial charge in [0.2, 0.25) is 0 Å². The predicted octanol–water partition coefficient (Wildman–Crippen LogP) is 3.64. The third-order valence-electron chi connectivity index (χ3n) is 4.56. The third kappa shape index (κ3) is 11.9. The Morgan fingerprint density at radius 2 is 1.57 bits per heavy atom. The minimum Gasteiger partial charge on any atom is -0.467 e. The molecular weight excluding hydrogens is 456 g/mol.